The normalized spacial score (nSPS) is 16.8. The molecule has 1 unspecified atom stereocenters. The second-order valence-corrected chi connectivity index (χ2v) is 9.71. The number of amides is 1. The highest BCUT2D eigenvalue weighted by Crippen LogP contribution is 2.43. The third-order valence-corrected chi connectivity index (χ3v) is 7.01. The van der Waals surface area contributed by atoms with E-state index in [1.165, 1.54) is 9.75 Å². The molecule has 4 heterocycles. The number of benzene rings is 1. The lowest BCUT2D eigenvalue weighted by atomic mass is 9.90. The summed E-state index contributed by atoms with van der Waals surface area (Å²) in [5.74, 6) is 1.34. The number of nitrogens with zero attached hydrogens (tertiary/aromatic N) is 3. The van der Waals surface area contributed by atoms with Gasteiger partial charge in [-0.3, -0.25) is 4.79 Å². The number of aryl methyl sites for hydroxylation is 1. The van der Waals surface area contributed by atoms with Gasteiger partial charge < -0.3 is 10.3 Å². The second-order valence-electron chi connectivity index (χ2n) is 8.59. The molecule has 0 saturated carbocycles. The van der Waals surface area contributed by atoms with E-state index in [0.29, 0.717) is 18.2 Å². The van der Waals surface area contributed by atoms with Gasteiger partial charge in [-0.25, -0.2) is 4.98 Å². The van der Waals surface area contributed by atoms with Gasteiger partial charge in [-0.05, 0) is 36.6 Å². The highest BCUT2D eigenvalue weighted by Gasteiger charge is 2.34. The molecule has 0 fully saturated rings. The van der Waals surface area contributed by atoms with Gasteiger partial charge in [0.15, 0.2) is 0 Å². The van der Waals surface area contributed by atoms with Crippen LogP contribution in [0.1, 0.15) is 54.1 Å². The van der Waals surface area contributed by atoms with Crippen LogP contribution in [0.4, 0.5) is 5.82 Å². The Kier molecular flexibility index (Phi) is 3.93. The van der Waals surface area contributed by atoms with Gasteiger partial charge in [-0.15, -0.1) is 11.3 Å². The number of thiophene rings is 1. The molecule has 29 heavy (non-hydrogen) atoms. The van der Waals surface area contributed by atoms with Crippen LogP contribution in [0.2, 0.25) is 0 Å². The predicted octanol–water partition coefficient (Wildman–Crippen LogP) is 4.89. The number of aromatic amines is 1. The van der Waals surface area contributed by atoms with Crippen LogP contribution in [0, 0.1) is 6.92 Å². The third-order valence-electron chi connectivity index (χ3n) is 5.39. The molecule has 1 atom stereocenters. The monoisotopic (exact) mass is 405 g/mol. The van der Waals surface area contributed by atoms with Crippen molar-refractivity contribution in [1.29, 1.82) is 0 Å². The van der Waals surface area contributed by atoms with E-state index in [-0.39, 0.29) is 17.2 Å². The number of hydrogen-bond acceptors (Lipinski definition) is 4. The molecule has 1 aliphatic rings. The number of rotatable bonds is 2. The maximum absolute atomic E-state index is 12.6. The first-order chi connectivity index (χ1) is 13.8. The Morgan fingerprint density at radius 2 is 1.97 bits per heavy atom. The number of carbonyl (C=O) groups excluding carboxylic acids is 1. The van der Waals surface area contributed by atoms with E-state index in [2.05, 4.69) is 48.2 Å². The summed E-state index contributed by atoms with van der Waals surface area (Å²) in [7, 11) is 0. The second kappa shape index (κ2) is 6.29. The molecular formula is C22H23N5OS. The summed E-state index contributed by atoms with van der Waals surface area (Å²) in [5.41, 5.74) is 3.90. The maximum Gasteiger partial charge on any atom is 0.231 e. The average molecular weight is 406 g/mol. The number of anilines is 1. The predicted molar refractivity (Wildman–Crippen MR) is 116 cm³/mol. The zero-order valence-electron chi connectivity index (χ0n) is 16.9. The van der Waals surface area contributed by atoms with Crippen molar-refractivity contribution in [3.05, 3.63) is 57.4 Å². The molecule has 1 amide bonds. The molecule has 0 bridgehead atoms. The summed E-state index contributed by atoms with van der Waals surface area (Å²) in [5, 5.41) is 7.77. The van der Waals surface area contributed by atoms with Crippen molar-refractivity contribution in [2.75, 3.05) is 5.32 Å². The smallest absolute Gasteiger partial charge is 0.231 e. The van der Waals surface area contributed by atoms with Crippen LogP contribution in [-0.4, -0.2) is 25.7 Å². The SMILES string of the molecule is Cc1nn(-c2nc3ccccc3[nH]2)c2c1C(c1ccc(C(C)(C)C)s1)CC(=O)N2. The summed E-state index contributed by atoms with van der Waals surface area (Å²) in [6, 6.07) is 12.2. The first-order valence-corrected chi connectivity index (χ1v) is 10.6. The van der Waals surface area contributed by atoms with Gasteiger partial charge in [0.05, 0.1) is 16.7 Å². The Morgan fingerprint density at radius 3 is 2.69 bits per heavy atom. The third kappa shape index (κ3) is 2.97. The zero-order valence-corrected chi connectivity index (χ0v) is 17.7. The summed E-state index contributed by atoms with van der Waals surface area (Å²) in [6.07, 6.45) is 0.434. The van der Waals surface area contributed by atoms with Crippen molar-refractivity contribution in [3.63, 3.8) is 0 Å². The van der Waals surface area contributed by atoms with E-state index in [0.717, 1.165) is 22.3 Å². The van der Waals surface area contributed by atoms with Gasteiger partial charge in [0.2, 0.25) is 11.9 Å². The number of carbonyl (C=O) groups is 1. The van der Waals surface area contributed by atoms with Crippen LogP contribution in [0.3, 0.4) is 0 Å². The molecule has 148 valence electrons. The molecule has 6 nitrogen and oxygen atoms in total. The summed E-state index contributed by atoms with van der Waals surface area (Å²) < 4.78 is 1.73. The number of para-hydroxylation sites is 2. The van der Waals surface area contributed by atoms with Crippen molar-refractivity contribution >= 4 is 34.1 Å². The van der Waals surface area contributed by atoms with Crippen LogP contribution in [0.5, 0.6) is 0 Å². The van der Waals surface area contributed by atoms with Gasteiger partial charge in [0.25, 0.3) is 0 Å². The largest absolute Gasteiger partial charge is 0.322 e. The summed E-state index contributed by atoms with van der Waals surface area (Å²) in [4.78, 5) is 23.1. The first-order valence-electron chi connectivity index (χ1n) is 9.76. The average Bonchev–Trinajstić information content (AvgIpc) is 3.37. The Labute approximate surface area is 173 Å². The molecular weight excluding hydrogens is 382 g/mol. The van der Waals surface area contributed by atoms with Gasteiger partial charge in [-0.1, -0.05) is 32.9 Å². The lowest BCUT2D eigenvalue weighted by Crippen LogP contribution is -2.24. The Bertz CT molecular complexity index is 1210. The fourth-order valence-corrected chi connectivity index (χ4v) is 5.10. The number of H-pyrrole nitrogens is 1. The molecule has 3 aromatic heterocycles. The highest BCUT2D eigenvalue weighted by atomic mass is 32.1. The molecule has 5 rings (SSSR count). The van der Waals surface area contributed by atoms with Crippen molar-refractivity contribution in [3.8, 4) is 5.95 Å². The van der Waals surface area contributed by atoms with Gasteiger partial charge >= 0.3 is 0 Å². The topological polar surface area (TPSA) is 75.6 Å². The fraction of sp³-hybridized carbons (Fsp3) is 0.318. The number of hydrogen-bond donors (Lipinski definition) is 2. The van der Waals surface area contributed by atoms with E-state index >= 15 is 0 Å². The fourth-order valence-electron chi connectivity index (χ4n) is 3.93. The lowest BCUT2D eigenvalue weighted by Gasteiger charge is -2.23. The molecule has 1 aromatic carbocycles. The molecule has 1 aliphatic heterocycles. The van der Waals surface area contributed by atoms with E-state index in [1.807, 2.05) is 31.2 Å². The van der Waals surface area contributed by atoms with Crippen molar-refractivity contribution in [2.45, 2.75) is 45.4 Å². The molecule has 0 aliphatic carbocycles. The molecule has 0 radical (unpaired) electrons. The minimum atomic E-state index is 0.00506. The van der Waals surface area contributed by atoms with Crippen molar-refractivity contribution in [2.24, 2.45) is 0 Å². The number of imidazole rings is 1. The van der Waals surface area contributed by atoms with Gasteiger partial charge in [0.1, 0.15) is 5.82 Å². The van der Waals surface area contributed by atoms with Crippen LogP contribution in [0.15, 0.2) is 36.4 Å². The minimum absolute atomic E-state index is 0.00506. The van der Waals surface area contributed by atoms with E-state index in [1.54, 1.807) is 16.0 Å². The van der Waals surface area contributed by atoms with Crippen molar-refractivity contribution < 1.29 is 4.79 Å². The lowest BCUT2D eigenvalue weighted by molar-refractivity contribution is -0.116. The Balaban J connectivity index is 1.63. The number of nitrogens with one attached hydrogen (secondary N) is 2. The molecule has 2 N–H and O–H groups in total. The van der Waals surface area contributed by atoms with Crippen molar-refractivity contribution in [1.82, 2.24) is 19.7 Å². The summed E-state index contributed by atoms with van der Waals surface area (Å²) >= 11 is 1.79. The Morgan fingerprint density at radius 1 is 1.17 bits per heavy atom. The van der Waals surface area contributed by atoms with E-state index < -0.39 is 0 Å². The van der Waals surface area contributed by atoms with Crippen LogP contribution in [-0.2, 0) is 10.2 Å². The first kappa shape index (κ1) is 18.1. The van der Waals surface area contributed by atoms with Crippen LogP contribution >= 0.6 is 11.3 Å². The summed E-state index contributed by atoms with van der Waals surface area (Å²) in [6.45, 7) is 8.65. The molecule has 7 heteroatoms. The zero-order chi connectivity index (χ0) is 20.3. The van der Waals surface area contributed by atoms with E-state index in [4.69, 9.17) is 5.10 Å². The quantitative estimate of drug-likeness (QED) is 0.498. The molecule has 0 spiro atoms. The van der Waals surface area contributed by atoms with Gasteiger partial charge in [-0.2, -0.15) is 9.78 Å². The van der Waals surface area contributed by atoms with Gasteiger partial charge in [0, 0.05) is 27.7 Å². The minimum Gasteiger partial charge on any atom is -0.322 e. The highest BCUT2D eigenvalue weighted by molar-refractivity contribution is 7.12. The Hall–Kier alpha value is -2.93. The van der Waals surface area contributed by atoms with E-state index in [9.17, 15) is 4.79 Å². The van der Waals surface area contributed by atoms with Crippen LogP contribution in [0.25, 0.3) is 17.0 Å². The molecule has 4 aromatic rings. The standard InChI is InChI=1S/C22H23N5OS/c1-12-19-13(16-9-10-17(29-16)22(2,3)4)11-18(28)25-20(19)27(26-12)21-23-14-7-5-6-8-15(14)24-21/h5-10,13H,11H2,1-4H3,(H,23,24)(H,25,28). The number of fused-ring (bicyclic) bond motifs is 2. The number of aromatic nitrogens is 4. The maximum atomic E-state index is 12.6. The molecule has 0 saturated heterocycles. The van der Waals surface area contributed by atoms with Crippen LogP contribution < -0.4 is 5.32 Å².